The summed E-state index contributed by atoms with van der Waals surface area (Å²) >= 11 is 0. The fourth-order valence-corrected chi connectivity index (χ4v) is 2.48. The zero-order chi connectivity index (χ0) is 15.8. The van der Waals surface area contributed by atoms with E-state index in [1.807, 2.05) is 13.8 Å². The molecule has 0 aliphatic rings. The minimum atomic E-state index is -0.0680. The first-order valence-corrected chi connectivity index (χ1v) is 7.67. The molecule has 1 aromatic rings. The van der Waals surface area contributed by atoms with Gasteiger partial charge in [0.1, 0.15) is 5.75 Å². The van der Waals surface area contributed by atoms with Gasteiger partial charge in [0.15, 0.2) is 6.61 Å². The summed E-state index contributed by atoms with van der Waals surface area (Å²) in [5, 5.41) is 2.90. The van der Waals surface area contributed by atoms with E-state index in [0.29, 0.717) is 6.54 Å². The van der Waals surface area contributed by atoms with Crippen LogP contribution in [0.5, 0.6) is 5.75 Å². The van der Waals surface area contributed by atoms with E-state index in [1.54, 1.807) is 0 Å². The van der Waals surface area contributed by atoms with Crippen LogP contribution < -0.4 is 10.1 Å². The van der Waals surface area contributed by atoms with Gasteiger partial charge in [0, 0.05) is 13.1 Å². The fourth-order valence-electron chi connectivity index (χ4n) is 2.48. The quantitative estimate of drug-likeness (QED) is 0.798. The van der Waals surface area contributed by atoms with Gasteiger partial charge in [0.2, 0.25) is 0 Å². The highest BCUT2D eigenvalue weighted by Gasteiger charge is 2.08. The highest BCUT2D eigenvalue weighted by molar-refractivity contribution is 5.85. The molecule has 0 saturated carbocycles. The molecular weight excluding hydrogens is 300 g/mol. The molecule has 5 heteroatoms. The van der Waals surface area contributed by atoms with E-state index in [9.17, 15) is 4.79 Å². The number of carbonyl (C=O) groups excluding carboxylic acids is 1. The Labute approximate surface area is 140 Å². The topological polar surface area (TPSA) is 41.6 Å². The first-order chi connectivity index (χ1) is 9.97. The number of nitrogens with zero attached hydrogens (tertiary/aromatic N) is 1. The number of benzene rings is 1. The van der Waals surface area contributed by atoms with Crippen molar-refractivity contribution in [2.24, 2.45) is 0 Å². The molecule has 0 atom stereocenters. The van der Waals surface area contributed by atoms with Crippen LogP contribution in [0.3, 0.4) is 0 Å². The van der Waals surface area contributed by atoms with E-state index in [1.165, 1.54) is 5.56 Å². The molecule has 1 N–H and O–H groups in total. The first kappa shape index (κ1) is 20.7. The van der Waals surface area contributed by atoms with Crippen LogP contribution in [0.25, 0.3) is 0 Å². The van der Waals surface area contributed by atoms with Gasteiger partial charge in [-0.15, -0.1) is 12.4 Å². The van der Waals surface area contributed by atoms with Crippen LogP contribution in [0.15, 0.2) is 12.1 Å². The second kappa shape index (κ2) is 10.5. The lowest BCUT2D eigenvalue weighted by Crippen LogP contribution is -2.36. The van der Waals surface area contributed by atoms with Crippen molar-refractivity contribution in [1.29, 1.82) is 0 Å². The normalized spacial score (nSPS) is 10.3. The van der Waals surface area contributed by atoms with Gasteiger partial charge in [-0.2, -0.15) is 0 Å². The van der Waals surface area contributed by atoms with Crippen molar-refractivity contribution in [1.82, 2.24) is 10.2 Å². The van der Waals surface area contributed by atoms with Crippen LogP contribution in [-0.4, -0.2) is 43.6 Å². The van der Waals surface area contributed by atoms with Crippen LogP contribution in [0.4, 0.5) is 0 Å². The molecule has 1 amide bonds. The fraction of sp³-hybridized carbons (Fsp3) is 0.588. The molecule has 22 heavy (non-hydrogen) atoms. The third-order valence-corrected chi connectivity index (χ3v) is 3.60. The minimum Gasteiger partial charge on any atom is -0.483 e. The number of rotatable bonds is 8. The number of ether oxygens (including phenoxy) is 1. The number of carbonyl (C=O) groups is 1. The highest BCUT2D eigenvalue weighted by atomic mass is 35.5. The van der Waals surface area contributed by atoms with Crippen LogP contribution in [-0.2, 0) is 4.79 Å². The average Bonchev–Trinajstić information content (AvgIpc) is 2.42. The van der Waals surface area contributed by atoms with Gasteiger partial charge in [-0.1, -0.05) is 31.5 Å². The van der Waals surface area contributed by atoms with E-state index in [2.05, 4.69) is 43.1 Å². The molecular formula is C17H29ClN2O2. The monoisotopic (exact) mass is 328 g/mol. The molecule has 0 bridgehead atoms. The summed E-state index contributed by atoms with van der Waals surface area (Å²) in [5.41, 5.74) is 3.35. The molecule has 0 spiro atoms. The molecule has 1 rings (SSSR count). The predicted molar refractivity (Wildman–Crippen MR) is 94.2 cm³/mol. The Kier molecular flexibility index (Phi) is 9.86. The Balaban J connectivity index is 0.00000441. The lowest BCUT2D eigenvalue weighted by molar-refractivity contribution is -0.123. The molecule has 0 aliphatic heterocycles. The van der Waals surface area contributed by atoms with Gasteiger partial charge >= 0.3 is 0 Å². The number of likely N-dealkylation sites (N-methyl/N-ethyl adjacent to an activating group) is 1. The number of amides is 1. The zero-order valence-corrected chi connectivity index (χ0v) is 15.2. The molecule has 1 aromatic carbocycles. The van der Waals surface area contributed by atoms with Gasteiger partial charge in [-0.05, 0) is 45.0 Å². The minimum absolute atomic E-state index is 0. The average molecular weight is 329 g/mol. The molecule has 0 unspecified atom stereocenters. The summed E-state index contributed by atoms with van der Waals surface area (Å²) in [6, 6.07) is 4.14. The van der Waals surface area contributed by atoms with Crippen molar-refractivity contribution in [3.8, 4) is 5.75 Å². The number of hydrogen-bond acceptors (Lipinski definition) is 3. The van der Waals surface area contributed by atoms with Crippen molar-refractivity contribution in [2.45, 2.75) is 34.6 Å². The zero-order valence-electron chi connectivity index (χ0n) is 14.4. The smallest absolute Gasteiger partial charge is 0.257 e. The second-order valence-corrected chi connectivity index (χ2v) is 5.39. The Morgan fingerprint density at radius 1 is 1.14 bits per heavy atom. The maximum atomic E-state index is 11.8. The maximum absolute atomic E-state index is 11.8. The molecule has 0 aromatic heterocycles. The van der Waals surface area contributed by atoms with Crippen molar-refractivity contribution in [3.05, 3.63) is 28.8 Å². The Morgan fingerprint density at radius 2 is 1.68 bits per heavy atom. The van der Waals surface area contributed by atoms with Crippen molar-refractivity contribution >= 4 is 18.3 Å². The van der Waals surface area contributed by atoms with Gasteiger partial charge < -0.3 is 15.0 Å². The van der Waals surface area contributed by atoms with Gasteiger partial charge in [-0.3, -0.25) is 4.79 Å². The number of aryl methyl sites for hydroxylation is 3. The standard InChI is InChI=1S/C17H28N2O2.ClH/c1-6-19(7-2)9-8-18-16(20)12-21-17-14(4)10-13(3)11-15(17)5;/h10-11H,6-9,12H2,1-5H3,(H,18,20);1H. The van der Waals surface area contributed by atoms with E-state index in [4.69, 9.17) is 4.74 Å². The number of hydrogen-bond donors (Lipinski definition) is 1. The third-order valence-electron chi connectivity index (χ3n) is 3.60. The van der Waals surface area contributed by atoms with E-state index >= 15 is 0 Å². The lowest BCUT2D eigenvalue weighted by atomic mass is 10.1. The predicted octanol–water partition coefficient (Wildman–Crippen LogP) is 2.87. The van der Waals surface area contributed by atoms with E-state index in [0.717, 1.165) is 36.5 Å². The SMILES string of the molecule is CCN(CC)CCNC(=O)COc1c(C)cc(C)cc1C.Cl. The maximum Gasteiger partial charge on any atom is 0.257 e. The number of nitrogens with one attached hydrogen (secondary N) is 1. The molecule has 0 fully saturated rings. The van der Waals surface area contributed by atoms with Crippen LogP contribution in [0.2, 0.25) is 0 Å². The summed E-state index contributed by atoms with van der Waals surface area (Å²) in [6.07, 6.45) is 0. The Hall–Kier alpha value is -1.26. The van der Waals surface area contributed by atoms with Crippen LogP contribution in [0.1, 0.15) is 30.5 Å². The summed E-state index contributed by atoms with van der Waals surface area (Å²) in [6.45, 7) is 13.9. The van der Waals surface area contributed by atoms with E-state index in [-0.39, 0.29) is 24.9 Å². The largest absolute Gasteiger partial charge is 0.483 e. The van der Waals surface area contributed by atoms with Crippen molar-refractivity contribution in [3.63, 3.8) is 0 Å². The van der Waals surface area contributed by atoms with Crippen molar-refractivity contribution in [2.75, 3.05) is 32.8 Å². The summed E-state index contributed by atoms with van der Waals surface area (Å²) < 4.78 is 5.67. The number of halogens is 1. The van der Waals surface area contributed by atoms with Gasteiger partial charge in [0.25, 0.3) is 5.91 Å². The van der Waals surface area contributed by atoms with E-state index < -0.39 is 0 Å². The first-order valence-electron chi connectivity index (χ1n) is 7.67. The molecule has 0 aliphatic carbocycles. The Bertz CT molecular complexity index is 451. The molecule has 0 heterocycles. The molecule has 126 valence electrons. The molecule has 0 saturated heterocycles. The lowest BCUT2D eigenvalue weighted by Gasteiger charge is -2.18. The summed E-state index contributed by atoms with van der Waals surface area (Å²) in [7, 11) is 0. The molecule has 0 radical (unpaired) electrons. The summed E-state index contributed by atoms with van der Waals surface area (Å²) in [4.78, 5) is 14.1. The van der Waals surface area contributed by atoms with Crippen LogP contribution in [0, 0.1) is 20.8 Å². The summed E-state index contributed by atoms with van der Waals surface area (Å²) in [5.74, 6) is 0.751. The second-order valence-electron chi connectivity index (χ2n) is 5.39. The van der Waals surface area contributed by atoms with Crippen LogP contribution >= 0.6 is 12.4 Å². The van der Waals surface area contributed by atoms with Gasteiger partial charge in [0.05, 0.1) is 0 Å². The molecule has 4 nitrogen and oxygen atoms in total. The Morgan fingerprint density at radius 3 is 2.18 bits per heavy atom. The highest BCUT2D eigenvalue weighted by Crippen LogP contribution is 2.24. The van der Waals surface area contributed by atoms with Gasteiger partial charge in [-0.25, -0.2) is 0 Å². The van der Waals surface area contributed by atoms with Crippen molar-refractivity contribution < 1.29 is 9.53 Å². The third kappa shape index (κ3) is 6.67.